The molecule has 2 aliphatic rings. The molecule has 0 radical (unpaired) electrons. The Kier molecular flexibility index (Phi) is 6.04. The molecule has 0 aromatic rings. The summed E-state index contributed by atoms with van der Waals surface area (Å²) in [7, 11) is 0. The van der Waals surface area contributed by atoms with Gasteiger partial charge < -0.3 is 9.84 Å². The molecule has 2 aliphatic carbocycles. The zero-order valence-electron chi connectivity index (χ0n) is 16.9. The van der Waals surface area contributed by atoms with E-state index in [9.17, 15) is 9.59 Å². The van der Waals surface area contributed by atoms with Crippen molar-refractivity contribution in [2.24, 2.45) is 22.7 Å². The quantitative estimate of drug-likeness (QED) is 0.418. The van der Waals surface area contributed by atoms with Crippen LogP contribution < -0.4 is 0 Å². The highest BCUT2D eigenvalue weighted by molar-refractivity contribution is 5.80. The van der Waals surface area contributed by atoms with Crippen molar-refractivity contribution in [1.82, 2.24) is 0 Å². The van der Waals surface area contributed by atoms with E-state index in [1.54, 1.807) is 0 Å². The van der Waals surface area contributed by atoms with Gasteiger partial charge in [0.1, 0.15) is 6.10 Å². The summed E-state index contributed by atoms with van der Waals surface area (Å²) in [4.78, 5) is 22.4. The molecule has 0 saturated heterocycles. The van der Waals surface area contributed by atoms with Gasteiger partial charge >= 0.3 is 11.9 Å². The van der Waals surface area contributed by atoms with Gasteiger partial charge in [-0.05, 0) is 62.7 Å². The second-order valence-electron chi connectivity index (χ2n) is 9.13. The van der Waals surface area contributed by atoms with Crippen molar-refractivity contribution in [3.63, 3.8) is 0 Å². The van der Waals surface area contributed by atoms with Gasteiger partial charge in [0.25, 0.3) is 0 Å². The van der Waals surface area contributed by atoms with E-state index in [1.807, 2.05) is 6.92 Å². The molecule has 1 N–H and O–H groups in total. The van der Waals surface area contributed by atoms with Crippen LogP contribution in [0.4, 0.5) is 0 Å². The molecule has 0 bridgehead atoms. The molecule has 2 saturated carbocycles. The molecular weight excluding hydrogens is 328 g/mol. The minimum Gasteiger partial charge on any atom is -0.478 e. The molecule has 2 rings (SSSR count). The van der Waals surface area contributed by atoms with E-state index in [0.717, 1.165) is 44.1 Å². The Bertz CT molecular complexity index is 616. The first kappa shape index (κ1) is 20.7. The Hall–Kier alpha value is -1.58. The van der Waals surface area contributed by atoms with E-state index in [1.165, 1.54) is 18.6 Å². The van der Waals surface area contributed by atoms with Crippen LogP contribution in [0.3, 0.4) is 0 Å². The largest absolute Gasteiger partial charge is 0.478 e. The molecule has 4 heteroatoms. The van der Waals surface area contributed by atoms with Crippen molar-refractivity contribution >= 4 is 11.9 Å². The highest BCUT2D eigenvalue weighted by atomic mass is 16.5. The van der Waals surface area contributed by atoms with Crippen LogP contribution in [0, 0.1) is 22.7 Å². The van der Waals surface area contributed by atoms with Crippen LogP contribution in [-0.2, 0) is 14.3 Å². The van der Waals surface area contributed by atoms with Crippen LogP contribution in [0.15, 0.2) is 23.8 Å². The van der Waals surface area contributed by atoms with Crippen molar-refractivity contribution in [3.8, 4) is 0 Å². The Morgan fingerprint density at radius 3 is 2.50 bits per heavy atom. The van der Waals surface area contributed by atoms with E-state index in [2.05, 4.69) is 27.4 Å². The fourth-order valence-electron chi connectivity index (χ4n) is 5.75. The number of allylic oxidation sites excluding steroid dienone is 2. The molecule has 0 aromatic heterocycles. The minimum atomic E-state index is -0.878. The smallest absolute Gasteiger partial charge is 0.328 e. The summed E-state index contributed by atoms with van der Waals surface area (Å²) in [6.45, 7) is 14.6. The lowest BCUT2D eigenvalue weighted by atomic mass is 9.46. The molecule has 4 atom stereocenters. The highest BCUT2D eigenvalue weighted by Gasteiger charge is 2.56. The van der Waals surface area contributed by atoms with Crippen molar-refractivity contribution in [2.45, 2.75) is 79.2 Å². The van der Waals surface area contributed by atoms with Crippen molar-refractivity contribution < 1.29 is 19.4 Å². The maximum absolute atomic E-state index is 11.5. The number of hydrogen-bond donors (Lipinski definition) is 1. The number of carboxylic acids is 1. The number of hydrogen-bond acceptors (Lipinski definition) is 3. The lowest BCUT2D eigenvalue weighted by molar-refractivity contribution is -0.174. The van der Waals surface area contributed by atoms with E-state index in [4.69, 9.17) is 9.84 Å². The maximum atomic E-state index is 11.5. The third-order valence-corrected chi connectivity index (χ3v) is 7.02. The van der Waals surface area contributed by atoms with Crippen LogP contribution >= 0.6 is 0 Å². The van der Waals surface area contributed by atoms with Gasteiger partial charge in [-0.3, -0.25) is 4.79 Å². The molecule has 0 aromatic carbocycles. The Labute approximate surface area is 157 Å². The topological polar surface area (TPSA) is 63.6 Å². The number of esters is 1. The molecule has 2 fully saturated rings. The van der Waals surface area contributed by atoms with E-state index >= 15 is 0 Å². The van der Waals surface area contributed by atoms with Gasteiger partial charge in [-0.1, -0.05) is 38.5 Å². The zero-order chi connectivity index (χ0) is 19.7. The second-order valence-corrected chi connectivity index (χ2v) is 9.13. The first-order valence-corrected chi connectivity index (χ1v) is 9.73. The lowest BCUT2D eigenvalue weighted by Crippen LogP contribution is -2.55. The number of rotatable bonds is 5. The fraction of sp³-hybridized carbons (Fsp3) is 0.727. The minimum absolute atomic E-state index is 0.0290. The molecular formula is C22H34O4. The zero-order valence-corrected chi connectivity index (χ0v) is 16.9. The van der Waals surface area contributed by atoms with Crippen LogP contribution in [0.5, 0.6) is 0 Å². The lowest BCUT2D eigenvalue weighted by Gasteiger charge is -2.60. The standard InChI is InChI=1S/C22H34O4/c1-14(13-20(24)25)7-9-17-15(2)8-10-18-21(4,5)19(26-16(3)23)11-12-22(17,18)6/h13,17-19H,2,7-12H2,1,3-6H3,(H,24,25)/b14-13+/t17-,18-,19-,22+/m1/s1. The van der Waals surface area contributed by atoms with Crippen LogP contribution in [0.1, 0.15) is 73.1 Å². The molecule has 0 aliphatic heterocycles. The number of ether oxygens (including phenoxy) is 1. The Morgan fingerprint density at radius 1 is 1.27 bits per heavy atom. The van der Waals surface area contributed by atoms with Crippen LogP contribution in [0.2, 0.25) is 0 Å². The van der Waals surface area contributed by atoms with Gasteiger partial charge in [0.15, 0.2) is 0 Å². The molecule has 0 amide bonds. The average molecular weight is 363 g/mol. The molecule has 4 nitrogen and oxygen atoms in total. The number of aliphatic carboxylic acids is 1. The predicted molar refractivity (Wildman–Crippen MR) is 103 cm³/mol. The monoisotopic (exact) mass is 362 g/mol. The normalized spacial score (nSPS) is 34.1. The number of fused-ring (bicyclic) bond motifs is 1. The maximum Gasteiger partial charge on any atom is 0.328 e. The SMILES string of the molecule is C=C1CC[C@@H]2C(C)(C)[C@H](OC(C)=O)CC[C@@]2(C)[C@@H]1CC/C(C)=C/C(=O)O. The summed E-state index contributed by atoms with van der Waals surface area (Å²) >= 11 is 0. The third kappa shape index (κ3) is 4.05. The van der Waals surface area contributed by atoms with Gasteiger partial charge in [0.2, 0.25) is 0 Å². The number of carbonyl (C=O) groups is 2. The summed E-state index contributed by atoms with van der Waals surface area (Å²) in [5.41, 5.74) is 2.26. The van der Waals surface area contributed by atoms with E-state index < -0.39 is 5.97 Å². The average Bonchev–Trinajstić information content (AvgIpc) is 2.48. The van der Waals surface area contributed by atoms with Crippen molar-refractivity contribution in [2.75, 3.05) is 0 Å². The third-order valence-electron chi connectivity index (χ3n) is 7.02. The van der Waals surface area contributed by atoms with Crippen molar-refractivity contribution in [3.05, 3.63) is 23.8 Å². The Morgan fingerprint density at radius 2 is 1.92 bits per heavy atom. The van der Waals surface area contributed by atoms with Gasteiger partial charge in [-0.15, -0.1) is 0 Å². The van der Waals surface area contributed by atoms with Gasteiger partial charge in [0, 0.05) is 18.4 Å². The molecule has 0 heterocycles. The second kappa shape index (κ2) is 7.58. The van der Waals surface area contributed by atoms with E-state index in [0.29, 0.717) is 11.8 Å². The molecule has 0 spiro atoms. The first-order chi connectivity index (χ1) is 12.0. The summed E-state index contributed by atoms with van der Waals surface area (Å²) in [6, 6.07) is 0. The number of carboxylic acid groups (broad SMARTS) is 1. The fourth-order valence-corrected chi connectivity index (χ4v) is 5.75. The predicted octanol–water partition coefficient (Wildman–Crippen LogP) is 5.14. The van der Waals surface area contributed by atoms with Gasteiger partial charge in [-0.25, -0.2) is 4.79 Å². The molecule has 0 unspecified atom stereocenters. The van der Waals surface area contributed by atoms with E-state index in [-0.39, 0.29) is 22.9 Å². The first-order valence-electron chi connectivity index (χ1n) is 9.73. The van der Waals surface area contributed by atoms with Crippen molar-refractivity contribution in [1.29, 1.82) is 0 Å². The molecule has 146 valence electrons. The van der Waals surface area contributed by atoms with Gasteiger partial charge in [0.05, 0.1) is 0 Å². The van der Waals surface area contributed by atoms with Crippen LogP contribution in [-0.4, -0.2) is 23.1 Å². The highest BCUT2D eigenvalue weighted by Crippen LogP contribution is 2.62. The number of carbonyl (C=O) groups excluding carboxylic acids is 1. The van der Waals surface area contributed by atoms with Crippen LogP contribution in [0.25, 0.3) is 0 Å². The molecule has 26 heavy (non-hydrogen) atoms. The summed E-state index contributed by atoms with van der Waals surface area (Å²) in [6.07, 6.45) is 6.99. The Balaban J connectivity index is 2.23. The van der Waals surface area contributed by atoms with Gasteiger partial charge in [-0.2, -0.15) is 0 Å². The summed E-state index contributed by atoms with van der Waals surface area (Å²) < 4.78 is 5.67. The summed E-state index contributed by atoms with van der Waals surface area (Å²) in [5, 5.41) is 8.95. The summed E-state index contributed by atoms with van der Waals surface area (Å²) in [5.74, 6) is -0.224.